The lowest BCUT2D eigenvalue weighted by atomic mass is 9.94. The average Bonchev–Trinajstić information content (AvgIpc) is 3.17. The summed E-state index contributed by atoms with van der Waals surface area (Å²) in [6.07, 6.45) is 3.54. The molecule has 5 nitrogen and oxygen atoms in total. The molecule has 0 saturated heterocycles. The monoisotopic (exact) mass is 419 g/mol. The van der Waals surface area contributed by atoms with Crippen LogP contribution >= 0.6 is 11.6 Å². The Kier molecular flexibility index (Phi) is 5.84. The topological polar surface area (TPSA) is 58.4 Å². The first-order chi connectivity index (χ1) is 14.6. The van der Waals surface area contributed by atoms with Gasteiger partial charge in [-0.25, -0.2) is 4.98 Å². The number of carbonyl (C=O) groups excluding carboxylic acids is 1. The summed E-state index contributed by atoms with van der Waals surface area (Å²) in [6.45, 7) is 0.450. The van der Waals surface area contributed by atoms with Crippen molar-refractivity contribution in [1.29, 1.82) is 0 Å². The van der Waals surface area contributed by atoms with Gasteiger partial charge in [0.1, 0.15) is 5.82 Å². The Morgan fingerprint density at radius 1 is 1.07 bits per heavy atom. The maximum Gasteiger partial charge on any atom is 0.254 e. The largest absolute Gasteiger partial charge is 0.395 e. The SMILES string of the molecule is Cn1ccnc1CN(CCO)C(=O)c1ccc(-c2ccc(Cl)cc2)c2ccccc12. The summed E-state index contributed by atoms with van der Waals surface area (Å²) in [5.74, 6) is 0.629. The van der Waals surface area contributed by atoms with Crippen LogP contribution in [0.3, 0.4) is 0 Å². The van der Waals surface area contributed by atoms with E-state index in [4.69, 9.17) is 11.6 Å². The van der Waals surface area contributed by atoms with Crippen molar-refractivity contribution in [3.05, 3.63) is 89.5 Å². The summed E-state index contributed by atoms with van der Waals surface area (Å²) in [5, 5.41) is 12.1. The van der Waals surface area contributed by atoms with Gasteiger partial charge in [-0.1, -0.05) is 54.1 Å². The molecule has 1 aromatic heterocycles. The molecule has 0 saturated carbocycles. The molecule has 0 radical (unpaired) electrons. The highest BCUT2D eigenvalue weighted by Gasteiger charge is 2.20. The van der Waals surface area contributed by atoms with Gasteiger partial charge in [0.05, 0.1) is 13.2 Å². The average molecular weight is 420 g/mol. The smallest absolute Gasteiger partial charge is 0.254 e. The zero-order valence-electron chi connectivity index (χ0n) is 16.6. The number of rotatable bonds is 6. The molecule has 0 aliphatic rings. The Balaban J connectivity index is 1.76. The Bertz CT molecular complexity index is 1180. The van der Waals surface area contributed by atoms with Gasteiger partial charge in [0.2, 0.25) is 0 Å². The number of nitrogens with zero attached hydrogens (tertiary/aromatic N) is 3. The van der Waals surface area contributed by atoms with Crippen LogP contribution in [-0.2, 0) is 13.6 Å². The Labute approximate surface area is 180 Å². The van der Waals surface area contributed by atoms with Crippen LogP contribution in [0.4, 0.5) is 0 Å². The number of fused-ring (bicyclic) bond motifs is 1. The lowest BCUT2D eigenvalue weighted by Gasteiger charge is -2.23. The van der Waals surface area contributed by atoms with Gasteiger partial charge in [0.25, 0.3) is 5.91 Å². The molecule has 6 heteroatoms. The van der Waals surface area contributed by atoms with Crippen molar-refractivity contribution in [1.82, 2.24) is 14.5 Å². The third-order valence-electron chi connectivity index (χ3n) is 5.22. The van der Waals surface area contributed by atoms with Crippen LogP contribution < -0.4 is 0 Å². The highest BCUT2D eigenvalue weighted by molar-refractivity contribution is 6.30. The zero-order valence-corrected chi connectivity index (χ0v) is 17.4. The highest BCUT2D eigenvalue weighted by Crippen LogP contribution is 2.32. The van der Waals surface area contributed by atoms with Crippen LogP contribution in [0.2, 0.25) is 5.02 Å². The van der Waals surface area contributed by atoms with Crippen molar-refractivity contribution in [2.45, 2.75) is 6.54 Å². The Morgan fingerprint density at radius 3 is 2.47 bits per heavy atom. The molecule has 3 aromatic carbocycles. The fraction of sp³-hybridized carbons (Fsp3) is 0.167. The molecule has 1 amide bonds. The fourth-order valence-corrected chi connectivity index (χ4v) is 3.76. The van der Waals surface area contributed by atoms with Gasteiger partial charge in [-0.05, 0) is 40.1 Å². The Hall–Kier alpha value is -3.15. The molecule has 4 rings (SSSR count). The van der Waals surface area contributed by atoms with Crippen LogP contribution in [0.25, 0.3) is 21.9 Å². The fourth-order valence-electron chi connectivity index (χ4n) is 3.63. The number of aromatic nitrogens is 2. The minimum Gasteiger partial charge on any atom is -0.395 e. The van der Waals surface area contributed by atoms with E-state index in [2.05, 4.69) is 4.98 Å². The van der Waals surface area contributed by atoms with E-state index in [-0.39, 0.29) is 19.1 Å². The lowest BCUT2D eigenvalue weighted by Crippen LogP contribution is -2.34. The molecule has 1 heterocycles. The lowest BCUT2D eigenvalue weighted by molar-refractivity contribution is 0.0703. The van der Waals surface area contributed by atoms with Crippen LogP contribution in [0.1, 0.15) is 16.2 Å². The van der Waals surface area contributed by atoms with Crippen molar-refractivity contribution >= 4 is 28.3 Å². The minimum atomic E-state index is -0.133. The number of aliphatic hydroxyl groups is 1. The third kappa shape index (κ3) is 3.95. The summed E-state index contributed by atoms with van der Waals surface area (Å²) in [5.41, 5.74) is 2.68. The molecule has 0 spiro atoms. The molecule has 4 aromatic rings. The van der Waals surface area contributed by atoms with E-state index in [0.29, 0.717) is 17.1 Å². The van der Waals surface area contributed by atoms with E-state index in [1.165, 1.54) is 0 Å². The van der Waals surface area contributed by atoms with Gasteiger partial charge < -0.3 is 14.6 Å². The molecule has 0 unspecified atom stereocenters. The number of imidazole rings is 1. The maximum atomic E-state index is 13.4. The normalized spacial score (nSPS) is 11.0. The minimum absolute atomic E-state index is 0.114. The molecule has 0 aliphatic heterocycles. The second-order valence-corrected chi connectivity index (χ2v) is 7.55. The number of hydrogen-bond donors (Lipinski definition) is 1. The molecular weight excluding hydrogens is 398 g/mol. The van der Waals surface area contributed by atoms with E-state index in [1.54, 1.807) is 11.1 Å². The van der Waals surface area contributed by atoms with Gasteiger partial charge in [-0.15, -0.1) is 0 Å². The highest BCUT2D eigenvalue weighted by atomic mass is 35.5. The maximum absolute atomic E-state index is 13.4. The van der Waals surface area contributed by atoms with E-state index < -0.39 is 0 Å². The summed E-state index contributed by atoms with van der Waals surface area (Å²) < 4.78 is 1.87. The van der Waals surface area contributed by atoms with Crippen LogP contribution in [0, 0.1) is 0 Å². The molecule has 152 valence electrons. The summed E-state index contributed by atoms with van der Waals surface area (Å²) in [6, 6.07) is 19.4. The quantitative estimate of drug-likeness (QED) is 0.499. The number of halogens is 1. The first kappa shape index (κ1) is 20.1. The van der Waals surface area contributed by atoms with Gasteiger partial charge >= 0.3 is 0 Å². The Morgan fingerprint density at radius 2 is 1.80 bits per heavy atom. The van der Waals surface area contributed by atoms with Crippen molar-refractivity contribution < 1.29 is 9.90 Å². The molecular formula is C24H22ClN3O2. The molecule has 0 bridgehead atoms. The third-order valence-corrected chi connectivity index (χ3v) is 5.47. The van der Waals surface area contributed by atoms with Gasteiger partial charge in [0.15, 0.2) is 0 Å². The number of hydrogen-bond acceptors (Lipinski definition) is 3. The van der Waals surface area contributed by atoms with Crippen LogP contribution in [0.5, 0.6) is 0 Å². The van der Waals surface area contributed by atoms with Gasteiger partial charge in [-0.3, -0.25) is 4.79 Å². The number of amides is 1. The summed E-state index contributed by atoms with van der Waals surface area (Å²) in [4.78, 5) is 19.4. The van der Waals surface area contributed by atoms with Crippen molar-refractivity contribution in [2.24, 2.45) is 7.05 Å². The number of aryl methyl sites for hydroxylation is 1. The van der Waals surface area contributed by atoms with Crippen LogP contribution in [-0.4, -0.2) is 38.6 Å². The van der Waals surface area contributed by atoms with E-state index in [1.807, 2.05) is 78.5 Å². The van der Waals surface area contributed by atoms with Crippen molar-refractivity contribution in [2.75, 3.05) is 13.2 Å². The first-order valence-corrected chi connectivity index (χ1v) is 10.1. The molecule has 30 heavy (non-hydrogen) atoms. The first-order valence-electron chi connectivity index (χ1n) is 9.72. The number of aliphatic hydroxyl groups excluding tert-OH is 1. The standard InChI is InChI=1S/C24H22ClN3O2/c1-27-13-12-26-23(27)16-28(14-15-29)24(30)22-11-10-19(17-6-8-18(25)9-7-17)20-4-2-3-5-21(20)22/h2-13,29H,14-16H2,1H3. The van der Waals surface area contributed by atoms with E-state index in [9.17, 15) is 9.90 Å². The van der Waals surface area contributed by atoms with E-state index in [0.717, 1.165) is 27.7 Å². The second kappa shape index (κ2) is 8.69. The summed E-state index contributed by atoms with van der Waals surface area (Å²) in [7, 11) is 1.89. The molecule has 0 fully saturated rings. The number of carbonyl (C=O) groups is 1. The van der Waals surface area contributed by atoms with Crippen molar-refractivity contribution in [3.8, 4) is 11.1 Å². The van der Waals surface area contributed by atoms with Gasteiger partial charge in [-0.2, -0.15) is 0 Å². The predicted octanol–water partition coefficient (Wildman–Crippen LogP) is 4.53. The summed E-state index contributed by atoms with van der Waals surface area (Å²) >= 11 is 6.04. The van der Waals surface area contributed by atoms with Crippen LogP contribution in [0.15, 0.2) is 73.1 Å². The molecule has 1 N–H and O–H groups in total. The zero-order chi connectivity index (χ0) is 21.1. The van der Waals surface area contributed by atoms with Crippen molar-refractivity contribution in [3.63, 3.8) is 0 Å². The second-order valence-electron chi connectivity index (χ2n) is 7.12. The van der Waals surface area contributed by atoms with E-state index >= 15 is 0 Å². The molecule has 0 aliphatic carbocycles. The predicted molar refractivity (Wildman–Crippen MR) is 119 cm³/mol. The molecule has 0 atom stereocenters. The number of benzene rings is 3. The van der Waals surface area contributed by atoms with Gasteiger partial charge in [0, 0.05) is 36.6 Å².